The summed E-state index contributed by atoms with van der Waals surface area (Å²) in [5.41, 5.74) is 6.68. The van der Waals surface area contributed by atoms with Gasteiger partial charge in [0.15, 0.2) is 0 Å². The lowest BCUT2D eigenvalue weighted by molar-refractivity contribution is 0.0930. The van der Waals surface area contributed by atoms with Crippen LogP contribution in [0.5, 0.6) is 0 Å². The van der Waals surface area contributed by atoms with Gasteiger partial charge >= 0.3 is 0 Å². The van der Waals surface area contributed by atoms with Gasteiger partial charge in [0.25, 0.3) is 5.91 Å². The maximum absolute atomic E-state index is 12.1. The first-order chi connectivity index (χ1) is 9.58. The van der Waals surface area contributed by atoms with Gasteiger partial charge in [0.2, 0.25) is 0 Å². The highest BCUT2D eigenvalue weighted by Crippen LogP contribution is 2.19. The van der Waals surface area contributed by atoms with Crippen LogP contribution in [0.2, 0.25) is 5.02 Å². The number of piperidine rings is 1. The van der Waals surface area contributed by atoms with Crippen molar-refractivity contribution < 1.29 is 4.79 Å². The van der Waals surface area contributed by atoms with Crippen molar-refractivity contribution in [2.75, 3.05) is 25.4 Å². The van der Waals surface area contributed by atoms with E-state index in [0.717, 1.165) is 13.1 Å². The van der Waals surface area contributed by atoms with Gasteiger partial charge in [-0.2, -0.15) is 0 Å². The number of carbonyl (C=O) groups excluding carboxylic acids is 1. The summed E-state index contributed by atoms with van der Waals surface area (Å²) in [6, 6.07) is 5.33. The van der Waals surface area contributed by atoms with Gasteiger partial charge in [0.1, 0.15) is 0 Å². The maximum atomic E-state index is 12.1. The van der Waals surface area contributed by atoms with Crippen LogP contribution < -0.4 is 11.1 Å². The second kappa shape index (κ2) is 6.95. The number of nitrogens with zero attached hydrogens (tertiary/aromatic N) is 1. The van der Waals surface area contributed by atoms with Crippen LogP contribution >= 0.6 is 11.6 Å². The predicted octanol–water partition coefficient (Wildman–Crippen LogP) is 2.53. The molecule has 20 heavy (non-hydrogen) atoms. The van der Waals surface area contributed by atoms with Crippen molar-refractivity contribution >= 4 is 23.2 Å². The summed E-state index contributed by atoms with van der Waals surface area (Å²) in [5, 5.41) is 3.38. The molecule has 1 aromatic carbocycles. The minimum atomic E-state index is -0.101. The summed E-state index contributed by atoms with van der Waals surface area (Å²) < 4.78 is 0. The number of carbonyl (C=O) groups is 1. The average Bonchev–Trinajstić information content (AvgIpc) is 2.48. The smallest absolute Gasteiger partial charge is 0.251 e. The molecule has 0 aliphatic carbocycles. The molecule has 1 aliphatic heterocycles. The van der Waals surface area contributed by atoms with E-state index in [1.807, 2.05) is 0 Å². The molecule has 5 heteroatoms. The summed E-state index contributed by atoms with van der Waals surface area (Å²) in [6.45, 7) is 5.07. The van der Waals surface area contributed by atoms with Gasteiger partial charge in [-0.05, 0) is 51.1 Å². The molecule has 4 nitrogen and oxygen atoms in total. The molecule has 1 fully saturated rings. The Morgan fingerprint density at radius 1 is 1.40 bits per heavy atom. The molecule has 3 N–H and O–H groups in total. The second-order valence-electron chi connectivity index (χ2n) is 5.39. The van der Waals surface area contributed by atoms with Gasteiger partial charge in [0.05, 0.1) is 10.7 Å². The average molecular weight is 296 g/mol. The number of halogens is 1. The van der Waals surface area contributed by atoms with Gasteiger partial charge in [-0.1, -0.05) is 18.0 Å². The molecule has 0 spiro atoms. The Balaban J connectivity index is 1.86. The fraction of sp³-hybridized carbons (Fsp3) is 0.533. The molecular weight excluding hydrogens is 274 g/mol. The third kappa shape index (κ3) is 3.87. The van der Waals surface area contributed by atoms with Crippen molar-refractivity contribution in [3.63, 3.8) is 0 Å². The molecule has 1 heterocycles. The van der Waals surface area contributed by atoms with Crippen LogP contribution in [-0.4, -0.2) is 36.5 Å². The van der Waals surface area contributed by atoms with E-state index in [1.165, 1.54) is 19.3 Å². The highest BCUT2D eigenvalue weighted by molar-refractivity contribution is 6.33. The van der Waals surface area contributed by atoms with Crippen molar-refractivity contribution in [1.82, 2.24) is 10.2 Å². The molecule has 0 aromatic heterocycles. The Bertz CT molecular complexity index is 472. The predicted molar refractivity (Wildman–Crippen MR) is 83.1 cm³/mol. The van der Waals surface area contributed by atoms with E-state index in [-0.39, 0.29) is 5.91 Å². The van der Waals surface area contributed by atoms with E-state index in [1.54, 1.807) is 18.2 Å². The highest BCUT2D eigenvalue weighted by Gasteiger charge is 2.17. The third-order valence-corrected chi connectivity index (χ3v) is 4.16. The lowest BCUT2D eigenvalue weighted by Gasteiger charge is -2.32. The minimum absolute atomic E-state index is 0.101. The Kier molecular flexibility index (Phi) is 5.26. The number of rotatable bonds is 4. The quantitative estimate of drug-likeness (QED) is 0.839. The van der Waals surface area contributed by atoms with Crippen molar-refractivity contribution in [3.8, 4) is 0 Å². The van der Waals surface area contributed by atoms with Gasteiger partial charge < -0.3 is 11.1 Å². The molecule has 0 saturated carbocycles. The molecule has 2 rings (SSSR count). The van der Waals surface area contributed by atoms with E-state index >= 15 is 0 Å². The van der Waals surface area contributed by atoms with Crippen LogP contribution in [0.3, 0.4) is 0 Å². The van der Waals surface area contributed by atoms with Gasteiger partial charge in [0, 0.05) is 18.2 Å². The monoisotopic (exact) mass is 295 g/mol. The van der Waals surface area contributed by atoms with Crippen molar-refractivity contribution in [1.29, 1.82) is 0 Å². The lowest BCUT2D eigenvalue weighted by Crippen LogP contribution is -2.44. The Morgan fingerprint density at radius 3 is 2.75 bits per heavy atom. The standard InChI is InChI=1S/C15H22ClN3O/c1-11(19-7-3-2-4-8-19)10-18-15(20)12-5-6-14(17)13(16)9-12/h5-6,9,11H,2-4,7-8,10,17H2,1H3,(H,18,20). The van der Waals surface area contributed by atoms with Crippen LogP contribution in [0.25, 0.3) is 0 Å². The Labute approximate surface area is 125 Å². The number of anilines is 1. The van der Waals surface area contributed by atoms with E-state index in [4.69, 9.17) is 17.3 Å². The zero-order valence-electron chi connectivity index (χ0n) is 11.9. The molecule has 1 amide bonds. The largest absolute Gasteiger partial charge is 0.398 e. The fourth-order valence-corrected chi connectivity index (χ4v) is 2.68. The van der Waals surface area contributed by atoms with E-state index < -0.39 is 0 Å². The summed E-state index contributed by atoms with van der Waals surface area (Å²) in [6.07, 6.45) is 3.83. The summed E-state index contributed by atoms with van der Waals surface area (Å²) >= 11 is 5.93. The van der Waals surface area contributed by atoms with Crippen molar-refractivity contribution in [3.05, 3.63) is 28.8 Å². The van der Waals surface area contributed by atoms with Gasteiger partial charge in [-0.3, -0.25) is 9.69 Å². The molecule has 1 atom stereocenters. The first-order valence-electron chi connectivity index (χ1n) is 7.15. The number of nitrogen functional groups attached to an aromatic ring is 1. The minimum Gasteiger partial charge on any atom is -0.398 e. The fourth-order valence-electron chi connectivity index (χ4n) is 2.50. The SMILES string of the molecule is CC(CNC(=O)c1ccc(N)c(Cl)c1)N1CCCCC1. The molecule has 1 aliphatic rings. The zero-order valence-corrected chi connectivity index (χ0v) is 12.6. The van der Waals surface area contributed by atoms with Gasteiger partial charge in [-0.25, -0.2) is 0 Å². The lowest BCUT2D eigenvalue weighted by atomic mass is 10.1. The Morgan fingerprint density at radius 2 is 2.10 bits per heavy atom. The first-order valence-corrected chi connectivity index (χ1v) is 7.53. The molecular formula is C15H22ClN3O. The van der Waals surface area contributed by atoms with Crippen LogP contribution in [0.15, 0.2) is 18.2 Å². The van der Waals surface area contributed by atoms with Crippen LogP contribution in [0.1, 0.15) is 36.5 Å². The number of hydrogen-bond acceptors (Lipinski definition) is 3. The summed E-state index contributed by atoms with van der Waals surface area (Å²) in [4.78, 5) is 14.5. The second-order valence-corrected chi connectivity index (χ2v) is 5.80. The first kappa shape index (κ1) is 15.1. The molecule has 1 saturated heterocycles. The normalized spacial score (nSPS) is 17.7. The zero-order chi connectivity index (χ0) is 14.5. The number of nitrogens with two attached hydrogens (primary N) is 1. The summed E-state index contributed by atoms with van der Waals surface area (Å²) in [7, 11) is 0. The van der Waals surface area contributed by atoms with Crippen molar-refractivity contribution in [2.24, 2.45) is 0 Å². The van der Waals surface area contributed by atoms with Crippen molar-refractivity contribution in [2.45, 2.75) is 32.2 Å². The highest BCUT2D eigenvalue weighted by atomic mass is 35.5. The van der Waals surface area contributed by atoms with Crippen LogP contribution in [0, 0.1) is 0 Å². The number of amides is 1. The molecule has 110 valence electrons. The van der Waals surface area contributed by atoms with E-state index in [0.29, 0.717) is 28.9 Å². The number of likely N-dealkylation sites (tertiary alicyclic amines) is 1. The topological polar surface area (TPSA) is 58.4 Å². The van der Waals surface area contributed by atoms with Crippen LogP contribution in [-0.2, 0) is 0 Å². The number of nitrogens with one attached hydrogen (secondary N) is 1. The molecule has 0 bridgehead atoms. The van der Waals surface area contributed by atoms with Crippen LogP contribution in [0.4, 0.5) is 5.69 Å². The Hall–Kier alpha value is -1.26. The van der Waals surface area contributed by atoms with E-state index in [2.05, 4.69) is 17.1 Å². The van der Waals surface area contributed by atoms with E-state index in [9.17, 15) is 4.79 Å². The van der Waals surface area contributed by atoms with Gasteiger partial charge in [-0.15, -0.1) is 0 Å². The molecule has 1 aromatic rings. The number of hydrogen-bond donors (Lipinski definition) is 2. The summed E-state index contributed by atoms with van der Waals surface area (Å²) in [5.74, 6) is -0.101. The number of benzene rings is 1. The molecule has 1 unspecified atom stereocenters. The third-order valence-electron chi connectivity index (χ3n) is 3.83. The maximum Gasteiger partial charge on any atom is 0.251 e. The molecule has 0 radical (unpaired) electrons.